The van der Waals surface area contributed by atoms with E-state index in [0.29, 0.717) is 27.6 Å². The maximum atomic E-state index is 12.7. The van der Waals surface area contributed by atoms with Gasteiger partial charge in [0.25, 0.3) is 11.8 Å². The van der Waals surface area contributed by atoms with E-state index in [4.69, 9.17) is 16.3 Å². The lowest BCUT2D eigenvalue weighted by Crippen LogP contribution is -2.27. The third-order valence-electron chi connectivity index (χ3n) is 4.79. The number of halogens is 1. The minimum absolute atomic E-state index is 0.114. The number of anilines is 1. The van der Waals surface area contributed by atoms with Crippen LogP contribution in [0.4, 0.5) is 5.69 Å². The first-order valence-corrected chi connectivity index (χ1v) is 10.2. The van der Waals surface area contributed by atoms with Gasteiger partial charge in [0.15, 0.2) is 6.61 Å². The van der Waals surface area contributed by atoms with Gasteiger partial charge in [-0.1, -0.05) is 54.1 Å². The van der Waals surface area contributed by atoms with Crippen LogP contribution in [-0.4, -0.2) is 37.4 Å². The molecule has 0 spiro atoms. The number of hydrogen-bond acceptors (Lipinski definition) is 4. The minimum atomic E-state index is -0.507. The van der Waals surface area contributed by atoms with E-state index in [-0.39, 0.29) is 18.4 Å². The van der Waals surface area contributed by atoms with Crippen LogP contribution in [0.25, 0.3) is 0 Å². The molecule has 1 atom stereocenters. The van der Waals surface area contributed by atoms with Crippen LogP contribution >= 0.6 is 11.6 Å². The molecule has 0 aliphatic rings. The van der Waals surface area contributed by atoms with E-state index < -0.39 is 5.92 Å². The second kappa shape index (κ2) is 10.5. The fourth-order valence-corrected chi connectivity index (χ4v) is 3.30. The molecule has 3 aromatic rings. The Bertz CT molecular complexity index is 1160. The van der Waals surface area contributed by atoms with Crippen molar-refractivity contribution in [2.75, 3.05) is 26.0 Å². The lowest BCUT2D eigenvalue weighted by Gasteiger charge is -2.14. The van der Waals surface area contributed by atoms with Crippen molar-refractivity contribution in [3.63, 3.8) is 0 Å². The SMILES string of the molecule is CN(C)C(=O)COc1cccc(C(=O)Nc2ccc(C(C#N)c3ccccc3)c(Cl)c2)c1. The Hall–Kier alpha value is -3.82. The molecule has 0 saturated heterocycles. The number of benzene rings is 3. The van der Waals surface area contributed by atoms with Crippen molar-refractivity contribution in [3.05, 3.63) is 94.5 Å². The van der Waals surface area contributed by atoms with E-state index in [1.165, 1.54) is 4.90 Å². The summed E-state index contributed by atoms with van der Waals surface area (Å²) < 4.78 is 5.46. The first-order valence-electron chi connectivity index (χ1n) is 9.87. The van der Waals surface area contributed by atoms with Crippen LogP contribution in [0, 0.1) is 11.3 Å². The van der Waals surface area contributed by atoms with Gasteiger partial charge in [0.2, 0.25) is 0 Å². The third-order valence-corrected chi connectivity index (χ3v) is 5.12. The van der Waals surface area contributed by atoms with Crippen molar-refractivity contribution < 1.29 is 14.3 Å². The van der Waals surface area contributed by atoms with E-state index in [1.54, 1.807) is 56.6 Å². The molecule has 0 fully saturated rings. The highest BCUT2D eigenvalue weighted by Crippen LogP contribution is 2.32. The van der Waals surface area contributed by atoms with Crippen molar-refractivity contribution in [2.24, 2.45) is 0 Å². The third kappa shape index (κ3) is 5.65. The largest absolute Gasteiger partial charge is 0.484 e. The molecule has 6 nitrogen and oxygen atoms in total. The standard InChI is InChI=1S/C25H22ClN3O3/c1-29(2)24(30)16-32-20-10-6-9-18(13-20)25(31)28-19-11-12-21(23(26)14-19)22(15-27)17-7-4-3-5-8-17/h3-14,22H,16H2,1-2H3,(H,28,31). The summed E-state index contributed by atoms with van der Waals surface area (Å²) in [5.74, 6) is -0.619. The van der Waals surface area contributed by atoms with Gasteiger partial charge in [0, 0.05) is 30.4 Å². The summed E-state index contributed by atoms with van der Waals surface area (Å²) in [6, 6.07) is 23.3. The number of carbonyl (C=O) groups excluding carboxylic acids is 2. The number of likely N-dealkylation sites (N-methyl/N-ethyl adjacent to an activating group) is 1. The monoisotopic (exact) mass is 447 g/mol. The Morgan fingerprint density at radius 3 is 2.47 bits per heavy atom. The lowest BCUT2D eigenvalue weighted by atomic mass is 9.92. The van der Waals surface area contributed by atoms with Crippen LogP contribution in [-0.2, 0) is 4.79 Å². The van der Waals surface area contributed by atoms with Gasteiger partial charge in [-0.05, 0) is 41.5 Å². The number of nitriles is 1. The topological polar surface area (TPSA) is 82.4 Å². The summed E-state index contributed by atoms with van der Waals surface area (Å²) in [6.45, 7) is -0.114. The number of amides is 2. The highest BCUT2D eigenvalue weighted by atomic mass is 35.5. The van der Waals surface area contributed by atoms with Crippen molar-refractivity contribution in [1.82, 2.24) is 4.90 Å². The molecule has 0 aromatic heterocycles. The zero-order valence-electron chi connectivity index (χ0n) is 17.7. The summed E-state index contributed by atoms with van der Waals surface area (Å²) in [7, 11) is 3.29. The van der Waals surface area contributed by atoms with Crippen LogP contribution in [0.1, 0.15) is 27.4 Å². The Morgan fingerprint density at radius 2 is 1.81 bits per heavy atom. The van der Waals surface area contributed by atoms with E-state index >= 15 is 0 Å². The molecule has 0 saturated carbocycles. The van der Waals surface area contributed by atoms with Crippen molar-refractivity contribution >= 4 is 29.1 Å². The van der Waals surface area contributed by atoms with E-state index in [9.17, 15) is 14.9 Å². The second-order valence-corrected chi connectivity index (χ2v) is 7.68. The predicted molar refractivity (Wildman–Crippen MR) is 124 cm³/mol. The van der Waals surface area contributed by atoms with E-state index in [2.05, 4.69) is 11.4 Å². The fourth-order valence-electron chi connectivity index (χ4n) is 3.01. The maximum absolute atomic E-state index is 12.7. The van der Waals surface area contributed by atoms with Crippen LogP contribution < -0.4 is 10.1 Å². The lowest BCUT2D eigenvalue weighted by molar-refractivity contribution is -0.130. The normalized spacial score (nSPS) is 11.2. The number of nitrogens with one attached hydrogen (secondary N) is 1. The molecular formula is C25H22ClN3O3. The van der Waals surface area contributed by atoms with E-state index in [1.807, 2.05) is 30.3 Å². The molecule has 3 rings (SSSR count). The highest BCUT2D eigenvalue weighted by molar-refractivity contribution is 6.32. The molecule has 0 aliphatic carbocycles. The van der Waals surface area contributed by atoms with Crippen molar-refractivity contribution in [3.8, 4) is 11.8 Å². The highest BCUT2D eigenvalue weighted by Gasteiger charge is 2.17. The number of nitrogens with zero attached hydrogens (tertiary/aromatic N) is 2. The minimum Gasteiger partial charge on any atom is -0.484 e. The first kappa shape index (κ1) is 22.9. The van der Waals surface area contributed by atoms with Gasteiger partial charge in [-0.15, -0.1) is 0 Å². The average molecular weight is 448 g/mol. The predicted octanol–water partition coefficient (Wildman–Crippen LogP) is 4.71. The van der Waals surface area contributed by atoms with Gasteiger partial charge in [-0.3, -0.25) is 9.59 Å². The Balaban J connectivity index is 1.72. The van der Waals surface area contributed by atoms with Gasteiger partial charge in [0.1, 0.15) is 5.75 Å². The Kier molecular flexibility index (Phi) is 7.48. The smallest absolute Gasteiger partial charge is 0.259 e. The molecule has 2 amide bonds. The van der Waals surface area contributed by atoms with Crippen LogP contribution in [0.15, 0.2) is 72.8 Å². The van der Waals surface area contributed by atoms with Crippen LogP contribution in [0.3, 0.4) is 0 Å². The van der Waals surface area contributed by atoms with Crippen LogP contribution in [0.5, 0.6) is 5.75 Å². The summed E-state index contributed by atoms with van der Waals surface area (Å²) in [5.41, 5.74) is 2.39. The number of ether oxygens (including phenoxy) is 1. The Morgan fingerprint density at radius 1 is 1.06 bits per heavy atom. The molecular weight excluding hydrogens is 426 g/mol. The summed E-state index contributed by atoms with van der Waals surface area (Å²) in [6.07, 6.45) is 0. The second-order valence-electron chi connectivity index (χ2n) is 7.27. The van der Waals surface area contributed by atoms with Gasteiger partial charge in [-0.25, -0.2) is 0 Å². The molecule has 162 valence electrons. The molecule has 0 bridgehead atoms. The number of hydrogen-bond donors (Lipinski definition) is 1. The molecule has 1 unspecified atom stereocenters. The molecule has 3 aromatic carbocycles. The summed E-state index contributed by atoms with van der Waals surface area (Å²) in [5, 5.41) is 12.8. The fraction of sp³-hybridized carbons (Fsp3) is 0.160. The van der Waals surface area contributed by atoms with Crippen molar-refractivity contribution in [2.45, 2.75) is 5.92 Å². The molecule has 7 heteroatoms. The quantitative estimate of drug-likeness (QED) is 0.568. The molecule has 0 radical (unpaired) electrons. The number of carbonyl (C=O) groups is 2. The molecule has 0 heterocycles. The maximum Gasteiger partial charge on any atom is 0.259 e. The average Bonchev–Trinajstić information content (AvgIpc) is 2.80. The Labute approximate surface area is 192 Å². The van der Waals surface area contributed by atoms with Crippen LogP contribution in [0.2, 0.25) is 5.02 Å². The van der Waals surface area contributed by atoms with Gasteiger partial charge in [-0.2, -0.15) is 5.26 Å². The van der Waals surface area contributed by atoms with Gasteiger partial charge in [0.05, 0.1) is 12.0 Å². The van der Waals surface area contributed by atoms with E-state index in [0.717, 1.165) is 5.56 Å². The molecule has 32 heavy (non-hydrogen) atoms. The zero-order valence-corrected chi connectivity index (χ0v) is 18.5. The molecule has 1 N–H and O–H groups in total. The van der Waals surface area contributed by atoms with Gasteiger partial charge >= 0.3 is 0 Å². The van der Waals surface area contributed by atoms with Gasteiger partial charge < -0.3 is 15.0 Å². The molecule has 0 aliphatic heterocycles. The summed E-state index contributed by atoms with van der Waals surface area (Å²) >= 11 is 6.45. The summed E-state index contributed by atoms with van der Waals surface area (Å²) in [4.78, 5) is 25.8. The number of rotatable bonds is 7. The zero-order chi connectivity index (χ0) is 23.1. The van der Waals surface area contributed by atoms with Crippen molar-refractivity contribution in [1.29, 1.82) is 5.26 Å². The first-order chi connectivity index (χ1) is 15.4.